The summed E-state index contributed by atoms with van der Waals surface area (Å²) in [5, 5.41) is 17.5. The Kier molecular flexibility index (Phi) is 4.95. The minimum atomic E-state index is -0.773. The van der Waals surface area contributed by atoms with E-state index in [1.54, 1.807) is 0 Å². The average molecular weight is 412 g/mol. The zero-order valence-corrected chi connectivity index (χ0v) is 17.3. The molecule has 0 spiro atoms. The van der Waals surface area contributed by atoms with Gasteiger partial charge in [-0.3, -0.25) is 9.79 Å². The van der Waals surface area contributed by atoms with Gasteiger partial charge in [0, 0.05) is 17.3 Å². The van der Waals surface area contributed by atoms with Crippen LogP contribution in [-0.2, 0) is 6.42 Å². The molecule has 0 saturated heterocycles. The number of nitrogens with one attached hydrogen (secondary N) is 3. The molecule has 1 aliphatic heterocycles. The summed E-state index contributed by atoms with van der Waals surface area (Å²) in [4.78, 5) is 20.9. The highest BCUT2D eigenvalue weighted by atomic mass is 16.2. The number of benzene rings is 2. The van der Waals surface area contributed by atoms with Gasteiger partial charge in [-0.05, 0) is 30.0 Å². The lowest BCUT2D eigenvalue weighted by Gasteiger charge is -2.25. The van der Waals surface area contributed by atoms with Crippen molar-refractivity contribution in [1.29, 1.82) is 5.26 Å². The van der Waals surface area contributed by atoms with Crippen LogP contribution in [0.25, 0.3) is 10.9 Å². The van der Waals surface area contributed by atoms with Gasteiger partial charge in [-0.1, -0.05) is 61.4 Å². The molecule has 6 heteroatoms. The number of carbonyl (C=O) groups is 1. The molecule has 2 unspecified atom stereocenters. The van der Waals surface area contributed by atoms with Gasteiger partial charge >= 0.3 is 0 Å². The maximum Gasteiger partial charge on any atom is 0.268 e. The molecule has 0 bridgehead atoms. The van der Waals surface area contributed by atoms with Gasteiger partial charge in [0.25, 0.3) is 5.91 Å². The number of amides is 1. The smallest absolute Gasteiger partial charge is 0.268 e. The molecule has 1 saturated carbocycles. The Morgan fingerprint density at radius 3 is 2.71 bits per heavy atom. The number of H-pyrrole nitrogens is 1. The molecule has 1 fully saturated rings. The summed E-state index contributed by atoms with van der Waals surface area (Å²) in [7, 11) is 0. The summed E-state index contributed by atoms with van der Waals surface area (Å²) in [6.45, 7) is 0.386. The van der Waals surface area contributed by atoms with Crippen LogP contribution in [0.5, 0.6) is 0 Å². The SMILES string of the molecule is N#CC1(Cc2ccccc2)CN=C(C(CC2CC2)NC(=O)c2cc3ccccc3[nH]2)N1. The second kappa shape index (κ2) is 7.92. The van der Waals surface area contributed by atoms with Gasteiger partial charge in [-0.15, -0.1) is 0 Å². The molecule has 2 atom stereocenters. The molecule has 1 aromatic heterocycles. The third kappa shape index (κ3) is 4.17. The van der Waals surface area contributed by atoms with E-state index in [1.807, 2.05) is 60.7 Å². The molecule has 2 heterocycles. The van der Waals surface area contributed by atoms with Crippen LogP contribution in [0.1, 0.15) is 35.3 Å². The molecular weight excluding hydrogens is 386 g/mol. The first-order chi connectivity index (χ1) is 15.1. The van der Waals surface area contributed by atoms with E-state index in [2.05, 4.69) is 26.7 Å². The normalized spacial score (nSPS) is 21.2. The first-order valence-electron chi connectivity index (χ1n) is 10.8. The molecule has 0 radical (unpaired) electrons. The molecule has 156 valence electrons. The molecule has 2 aliphatic rings. The lowest BCUT2D eigenvalue weighted by atomic mass is 9.93. The number of hydrogen-bond acceptors (Lipinski definition) is 4. The van der Waals surface area contributed by atoms with Crippen molar-refractivity contribution in [3.63, 3.8) is 0 Å². The molecular formula is C25H25N5O. The van der Waals surface area contributed by atoms with Gasteiger partial charge in [-0.2, -0.15) is 5.26 Å². The fourth-order valence-corrected chi connectivity index (χ4v) is 4.25. The standard InChI is InChI=1S/C25H25N5O/c26-15-25(14-18-6-2-1-3-7-18)16-27-23(30-25)21(12-17-10-11-17)29-24(31)22-13-19-8-4-5-9-20(19)28-22/h1-9,13,17,21,28H,10-12,14,16H2,(H,27,30)(H,29,31). The minimum absolute atomic E-state index is 0.149. The Labute approximate surface area is 181 Å². The van der Waals surface area contributed by atoms with Crippen LogP contribution in [-0.4, -0.2) is 34.9 Å². The predicted molar refractivity (Wildman–Crippen MR) is 121 cm³/mol. The van der Waals surface area contributed by atoms with E-state index in [9.17, 15) is 10.1 Å². The fraction of sp³-hybridized carbons (Fsp3) is 0.320. The number of fused-ring (bicyclic) bond motifs is 1. The number of aliphatic imine (C=N–C) groups is 1. The van der Waals surface area contributed by atoms with E-state index in [-0.39, 0.29) is 11.9 Å². The number of aromatic amines is 1. The molecule has 3 aromatic rings. The van der Waals surface area contributed by atoms with Crippen molar-refractivity contribution in [2.75, 3.05) is 6.54 Å². The Morgan fingerprint density at radius 2 is 1.97 bits per heavy atom. The number of rotatable bonds is 7. The van der Waals surface area contributed by atoms with Crippen molar-refractivity contribution in [3.05, 3.63) is 71.9 Å². The summed E-state index contributed by atoms with van der Waals surface area (Å²) in [5.74, 6) is 1.17. The summed E-state index contributed by atoms with van der Waals surface area (Å²) in [6.07, 6.45) is 3.77. The molecule has 2 aromatic carbocycles. The van der Waals surface area contributed by atoms with Crippen molar-refractivity contribution in [2.24, 2.45) is 10.9 Å². The molecule has 31 heavy (non-hydrogen) atoms. The second-order valence-corrected chi connectivity index (χ2v) is 8.66. The van der Waals surface area contributed by atoms with Crippen molar-refractivity contribution in [3.8, 4) is 6.07 Å². The number of aromatic nitrogens is 1. The van der Waals surface area contributed by atoms with Crippen LogP contribution in [0.2, 0.25) is 0 Å². The number of nitriles is 1. The van der Waals surface area contributed by atoms with E-state index < -0.39 is 5.54 Å². The number of amidine groups is 1. The van der Waals surface area contributed by atoms with Gasteiger partial charge < -0.3 is 15.6 Å². The van der Waals surface area contributed by atoms with E-state index in [4.69, 9.17) is 0 Å². The van der Waals surface area contributed by atoms with Crippen LogP contribution >= 0.6 is 0 Å². The monoisotopic (exact) mass is 411 g/mol. The predicted octanol–water partition coefficient (Wildman–Crippen LogP) is 3.57. The van der Waals surface area contributed by atoms with Crippen LogP contribution in [0.3, 0.4) is 0 Å². The summed E-state index contributed by atoms with van der Waals surface area (Å²) in [5.41, 5.74) is 1.80. The van der Waals surface area contributed by atoms with E-state index >= 15 is 0 Å². The largest absolute Gasteiger partial charge is 0.352 e. The topological polar surface area (TPSA) is 93.1 Å². The molecule has 3 N–H and O–H groups in total. The lowest BCUT2D eigenvalue weighted by molar-refractivity contribution is 0.0940. The van der Waals surface area contributed by atoms with E-state index in [0.29, 0.717) is 30.4 Å². The molecule has 1 amide bonds. The summed E-state index contributed by atoms with van der Waals surface area (Å²) < 4.78 is 0. The Hall–Kier alpha value is -3.59. The number of hydrogen-bond donors (Lipinski definition) is 3. The van der Waals surface area contributed by atoms with E-state index in [1.165, 1.54) is 12.8 Å². The lowest BCUT2D eigenvalue weighted by Crippen LogP contribution is -2.53. The van der Waals surface area contributed by atoms with Crippen molar-refractivity contribution < 1.29 is 4.79 Å². The van der Waals surface area contributed by atoms with Gasteiger partial charge in [0.05, 0.1) is 18.7 Å². The molecule has 1 aliphatic carbocycles. The zero-order chi connectivity index (χ0) is 21.3. The quantitative estimate of drug-likeness (QED) is 0.555. The first-order valence-corrected chi connectivity index (χ1v) is 10.8. The van der Waals surface area contributed by atoms with Crippen LogP contribution in [0.4, 0.5) is 0 Å². The maximum atomic E-state index is 13.0. The zero-order valence-electron chi connectivity index (χ0n) is 17.3. The van der Waals surface area contributed by atoms with E-state index in [0.717, 1.165) is 22.9 Å². The first kappa shape index (κ1) is 19.4. The van der Waals surface area contributed by atoms with Crippen molar-refractivity contribution in [2.45, 2.75) is 37.3 Å². The van der Waals surface area contributed by atoms with Gasteiger partial charge in [-0.25, -0.2) is 0 Å². The number of nitrogens with zero attached hydrogens (tertiary/aromatic N) is 2. The van der Waals surface area contributed by atoms with Gasteiger partial charge in [0.2, 0.25) is 0 Å². The summed E-state index contributed by atoms with van der Waals surface area (Å²) >= 11 is 0. The van der Waals surface area contributed by atoms with Crippen molar-refractivity contribution >= 4 is 22.6 Å². The highest BCUT2D eigenvalue weighted by molar-refractivity contribution is 6.01. The van der Waals surface area contributed by atoms with Crippen LogP contribution in [0, 0.1) is 17.2 Å². The Balaban J connectivity index is 1.33. The van der Waals surface area contributed by atoms with Gasteiger partial charge in [0.1, 0.15) is 17.1 Å². The van der Waals surface area contributed by atoms with Crippen LogP contribution in [0.15, 0.2) is 65.7 Å². The third-order valence-corrected chi connectivity index (χ3v) is 6.13. The van der Waals surface area contributed by atoms with Gasteiger partial charge in [0.15, 0.2) is 0 Å². The summed E-state index contributed by atoms with van der Waals surface area (Å²) in [6, 6.07) is 21.9. The second-order valence-electron chi connectivity index (χ2n) is 8.66. The highest BCUT2D eigenvalue weighted by Gasteiger charge is 2.40. The Morgan fingerprint density at radius 1 is 1.19 bits per heavy atom. The molecule has 5 rings (SSSR count). The fourth-order valence-electron chi connectivity index (χ4n) is 4.25. The Bertz CT molecular complexity index is 1140. The third-order valence-electron chi connectivity index (χ3n) is 6.13. The average Bonchev–Trinajstić information content (AvgIpc) is 3.34. The number of carbonyl (C=O) groups excluding carboxylic acids is 1. The minimum Gasteiger partial charge on any atom is -0.352 e. The van der Waals surface area contributed by atoms with Crippen molar-refractivity contribution in [1.82, 2.24) is 15.6 Å². The molecule has 6 nitrogen and oxygen atoms in total. The number of para-hydroxylation sites is 1. The highest BCUT2D eigenvalue weighted by Crippen LogP contribution is 2.34. The maximum absolute atomic E-state index is 13.0. The van der Waals surface area contributed by atoms with Crippen LogP contribution < -0.4 is 10.6 Å².